The van der Waals surface area contributed by atoms with E-state index in [2.05, 4.69) is 0 Å². The van der Waals surface area contributed by atoms with Crippen molar-refractivity contribution in [2.75, 3.05) is 5.73 Å². The van der Waals surface area contributed by atoms with Crippen LogP contribution in [0.4, 0.5) is 5.82 Å². The third-order valence-electron chi connectivity index (χ3n) is 4.26. The highest BCUT2D eigenvalue weighted by Gasteiger charge is 2.26. The molecular weight excluding hydrogens is 392 g/mol. The molecule has 152 valence electrons. The van der Waals surface area contributed by atoms with E-state index in [1.807, 2.05) is 18.0 Å². The lowest BCUT2D eigenvalue weighted by Gasteiger charge is -2.13. The number of carbonyl (C=O) groups is 3. The molecule has 9 nitrogen and oxygen atoms in total. The number of ether oxygens (including phenoxy) is 1. The van der Waals surface area contributed by atoms with Crippen LogP contribution in [0.1, 0.15) is 36.6 Å². The van der Waals surface area contributed by atoms with Gasteiger partial charge in [-0.3, -0.25) is 4.79 Å². The number of aryl methyl sites for hydroxylation is 1. The third kappa shape index (κ3) is 3.90. The molecular formula is C21H16N2O7. The number of aromatic amines is 1. The predicted octanol–water partition coefficient (Wildman–Crippen LogP) is 2.55. The van der Waals surface area contributed by atoms with Crippen LogP contribution in [0.15, 0.2) is 53.3 Å². The van der Waals surface area contributed by atoms with Gasteiger partial charge in [0, 0.05) is 5.56 Å². The normalized spacial score (nSPS) is 10.4. The summed E-state index contributed by atoms with van der Waals surface area (Å²) < 4.78 is 5.33. The molecule has 5 N–H and O–H groups in total. The van der Waals surface area contributed by atoms with Gasteiger partial charge in [0.25, 0.3) is 5.56 Å². The van der Waals surface area contributed by atoms with Crippen molar-refractivity contribution in [1.82, 2.24) is 4.98 Å². The number of H-pyrrole nitrogens is 1. The first-order chi connectivity index (χ1) is 14.2. The first-order valence-electron chi connectivity index (χ1n) is 8.60. The van der Waals surface area contributed by atoms with E-state index in [-0.39, 0.29) is 16.9 Å². The Morgan fingerprint density at radius 2 is 1.63 bits per heavy atom. The second-order valence-corrected chi connectivity index (χ2v) is 6.39. The van der Waals surface area contributed by atoms with Crippen LogP contribution in [-0.4, -0.2) is 33.1 Å². The topological polar surface area (TPSA) is 160 Å². The number of carboxylic acids is 2. The van der Waals surface area contributed by atoms with Gasteiger partial charge in [-0.2, -0.15) is 0 Å². The predicted molar refractivity (Wildman–Crippen MR) is 107 cm³/mol. The maximum Gasteiger partial charge on any atom is 0.343 e. The Morgan fingerprint density at radius 3 is 2.27 bits per heavy atom. The fraction of sp³-hybridized carbons (Fsp3) is 0.0476. The Balaban J connectivity index is 2.12. The smallest absolute Gasteiger partial charge is 0.343 e. The number of rotatable bonds is 5. The van der Waals surface area contributed by atoms with Crippen LogP contribution in [0.2, 0.25) is 0 Å². The molecule has 0 atom stereocenters. The number of pyridine rings is 1. The summed E-state index contributed by atoms with van der Waals surface area (Å²) in [5.74, 6) is -4.27. The molecule has 0 saturated heterocycles. The maximum atomic E-state index is 12.4. The van der Waals surface area contributed by atoms with Crippen LogP contribution >= 0.6 is 0 Å². The standard InChI is InChI=1S/C21H16N2O7/c1-10-4-2-6-12(8-10)21(29)30-13-7-3-5-11(9-13)14-15(19(25)26)17(22)23-18(24)16(14)20(27)28/h2-9H,1H3,(H,25,26)(H,27,28)(H3,22,23,24). The Morgan fingerprint density at radius 1 is 0.967 bits per heavy atom. The van der Waals surface area contributed by atoms with Gasteiger partial charge in [-0.1, -0.05) is 29.8 Å². The fourth-order valence-corrected chi connectivity index (χ4v) is 2.99. The number of aromatic carboxylic acids is 2. The average molecular weight is 408 g/mol. The van der Waals surface area contributed by atoms with Gasteiger partial charge in [-0.05, 0) is 36.8 Å². The number of hydrogen-bond acceptors (Lipinski definition) is 6. The van der Waals surface area contributed by atoms with E-state index in [4.69, 9.17) is 10.5 Å². The van der Waals surface area contributed by atoms with Crippen molar-refractivity contribution in [3.8, 4) is 16.9 Å². The summed E-state index contributed by atoms with van der Waals surface area (Å²) in [6.45, 7) is 1.82. The number of nitrogens with two attached hydrogens (primary N) is 1. The van der Waals surface area contributed by atoms with Crippen molar-refractivity contribution in [2.45, 2.75) is 6.92 Å². The van der Waals surface area contributed by atoms with Crippen LogP contribution in [0.5, 0.6) is 5.75 Å². The molecule has 2 aromatic carbocycles. The van der Waals surface area contributed by atoms with Gasteiger partial charge < -0.3 is 25.7 Å². The van der Waals surface area contributed by atoms with Gasteiger partial charge in [0.1, 0.15) is 22.7 Å². The Hall–Kier alpha value is -4.40. The minimum Gasteiger partial charge on any atom is -0.478 e. The fourth-order valence-electron chi connectivity index (χ4n) is 2.99. The number of carboxylic acid groups (broad SMARTS) is 2. The molecule has 0 aliphatic carbocycles. The van der Waals surface area contributed by atoms with E-state index in [1.54, 1.807) is 18.2 Å². The summed E-state index contributed by atoms with van der Waals surface area (Å²) in [6, 6.07) is 12.2. The first-order valence-corrected chi connectivity index (χ1v) is 8.60. The van der Waals surface area contributed by atoms with Crippen molar-refractivity contribution in [2.24, 2.45) is 0 Å². The SMILES string of the molecule is Cc1cccc(C(=O)Oc2cccc(-c3c(C(=O)O)c(N)[nH]c(=O)c3C(=O)O)c2)c1. The third-order valence-corrected chi connectivity index (χ3v) is 4.26. The maximum absolute atomic E-state index is 12.4. The molecule has 1 heterocycles. The van der Waals surface area contributed by atoms with Crippen molar-refractivity contribution in [3.05, 3.63) is 81.1 Å². The van der Waals surface area contributed by atoms with Gasteiger partial charge in [-0.25, -0.2) is 14.4 Å². The number of esters is 1. The van der Waals surface area contributed by atoms with Crippen LogP contribution < -0.4 is 16.0 Å². The molecule has 3 rings (SSSR count). The number of nitrogens with one attached hydrogen (secondary N) is 1. The lowest BCUT2D eigenvalue weighted by molar-refractivity contribution is 0.0692. The minimum atomic E-state index is -1.63. The number of hydrogen-bond donors (Lipinski definition) is 4. The molecule has 0 aliphatic heterocycles. The Bertz CT molecular complexity index is 1240. The second kappa shape index (κ2) is 7.92. The summed E-state index contributed by atoms with van der Waals surface area (Å²) >= 11 is 0. The molecule has 0 fully saturated rings. The summed E-state index contributed by atoms with van der Waals surface area (Å²) in [4.78, 5) is 49.9. The number of carbonyl (C=O) groups excluding carboxylic acids is 1. The monoisotopic (exact) mass is 408 g/mol. The second-order valence-electron chi connectivity index (χ2n) is 6.39. The van der Waals surface area contributed by atoms with Crippen molar-refractivity contribution in [1.29, 1.82) is 0 Å². The number of benzene rings is 2. The van der Waals surface area contributed by atoms with E-state index in [1.165, 1.54) is 24.3 Å². The van der Waals surface area contributed by atoms with Crippen LogP contribution in [0.3, 0.4) is 0 Å². The summed E-state index contributed by atoms with van der Waals surface area (Å²) in [6.07, 6.45) is 0. The van der Waals surface area contributed by atoms with Crippen molar-refractivity contribution >= 4 is 23.7 Å². The number of anilines is 1. The molecule has 3 aromatic rings. The van der Waals surface area contributed by atoms with Gasteiger partial charge in [0.15, 0.2) is 0 Å². The summed E-state index contributed by atoms with van der Waals surface area (Å²) in [5.41, 5.74) is 4.02. The van der Waals surface area contributed by atoms with Crippen LogP contribution in [-0.2, 0) is 0 Å². The molecule has 1 aromatic heterocycles. The van der Waals surface area contributed by atoms with Crippen LogP contribution in [0, 0.1) is 6.92 Å². The molecule has 30 heavy (non-hydrogen) atoms. The lowest BCUT2D eigenvalue weighted by Crippen LogP contribution is -2.24. The van der Waals surface area contributed by atoms with E-state index in [9.17, 15) is 29.4 Å². The molecule has 0 bridgehead atoms. The van der Waals surface area contributed by atoms with E-state index in [0.717, 1.165) is 5.56 Å². The minimum absolute atomic E-state index is 0.0329. The molecule has 0 aliphatic rings. The zero-order valence-corrected chi connectivity index (χ0v) is 15.6. The van der Waals surface area contributed by atoms with Crippen molar-refractivity contribution < 1.29 is 29.3 Å². The number of aromatic nitrogens is 1. The van der Waals surface area contributed by atoms with Gasteiger partial charge in [0.05, 0.1) is 5.56 Å². The summed E-state index contributed by atoms with van der Waals surface area (Å²) in [5, 5.41) is 19.0. The average Bonchev–Trinajstić information content (AvgIpc) is 2.66. The van der Waals surface area contributed by atoms with Crippen LogP contribution in [0.25, 0.3) is 11.1 Å². The van der Waals surface area contributed by atoms with E-state index < -0.39 is 40.4 Å². The Labute approximate surface area is 169 Å². The Kier molecular flexibility index (Phi) is 5.37. The highest BCUT2D eigenvalue weighted by atomic mass is 16.5. The van der Waals surface area contributed by atoms with E-state index in [0.29, 0.717) is 5.56 Å². The zero-order valence-electron chi connectivity index (χ0n) is 15.6. The summed E-state index contributed by atoms with van der Waals surface area (Å²) in [7, 11) is 0. The quantitative estimate of drug-likeness (QED) is 0.370. The highest BCUT2D eigenvalue weighted by molar-refractivity contribution is 6.07. The molecule has 0 amide bonds. The number of nitrogen functional groups attached to an aromatic ring is 1. The van der Waals surface area contributed by atoms with Crippen molar-refractivity contribution in [3.63, 3.8) is 0 Å². The van der Waals surface area contributed by atoms with E-state index >= 15 is 0 Å². The molecule has 9 heteroatoms. The first kappa shape index (κ1) is 20.3. The molecule has 0 spiro atoms. The van der Waals surface area contributed by atoms with Gasteiger partial charge in [0.2, 0.25) is 0 Å². The zero-order chi connectivity index (χ0) is 22.0. The molecule has 0 saturated carbocycles. The highest BCUT2D eigenvalue weighted by Crippen LogP contribution is 2.31. The molecule has 0 radical (unpaired) electrons. The van der Waals surface area contributed by atoms with Gasteiger partial charge >= 0.3 is 17.9 Å². The molecule has 0 unspecified atom stereocenters. The lowest BCUT2D eigenvalue weighted by atomic mass is 9.95. The largest absolute Gasteiger partial charge is 0.478 e. The van der Waals surface area contributed by atoms with Gasteiger partial charge in [-0.15, -0.1) is 0 Å².